The van der Waals surface area contributed by atoms with Crippen molar-refractivity contribution < 1.29 is 4.74 Å². The summed E-state index contributed by atoms with van der Waals surface area (Å²) in [5.41, 5.74) is 2.98. The second kappa shape index (κ2) is 4.85. The van der Waals surface area contributed by atoms with Gasteiger partial charge in [-0.1, -0.05) is 24.3 Å². The van der Waals surface area contributed by atoms with Gasteiger partial charge < -0.3 is 10.1 Å². The molecule has 1 aliphatic heterocycles. The molecular weight excluding hydrogens is 246 g/mol. The van der Waals surface area contributed by atoms with Gasteiger partial charge in [0.1, 0.15) is 0 Å². The highest BCUT2D eigenvalue weighted by atomic mass is 16.5. The summed E-state index contributed by atoms with van der Waals surface area (Å²) in [7, 11) is 0. The van der Waals surface area contributed by atoms with Crippen molar-refractivity contribution in [1.29, 1.82) is 0 Å². The molecule has 110 valence electrons. The number of nitrogens with one attached hydrogen (secondary N) is 1. The molecule has 2 unspecified atom stereocenters. The molecule has 1 heterocycles. The lowest BCUT2D eigenvalue weighted by Crippen LogP contribution is -2.49. The Morgan fingerprint density at radius 2 is 1.80 bits per heavy atom. The highest BCUT2D eigenvalue weighted by Crippen LogP contribution is 2.38. The van der Waals surface area contributed by atoms with Crippen LogP contribution in [0.4, 0.5) is 0 Å². The van der Waals surface area contributed by atoms with E-state index in [2.05, 4.69) is 57.3 Å². The summed E-state index contributed by atoms with van der Waals surface area (Å²) >= 11 is 0. The minimum Gasteiger partial charge on any atom is -0.368 e. The molecule has 0 radical (unpaired) electrons. The number of aryl methyl sites for hydroxylation is 1. The quantitative estimate of drug-likeness (QED) is 0.890. The Morgan fingerprint density at radius 3 is 2.45 bits per heavy atom. The molecule has 20 heavy (non-hydrogen) atoms. The maximum absolute atomic E-state index is 6.20. The van der Waals surface area contributed by atoms with Crippen molar-refractivity contribution in [2.75, 3.05) is 0 Å². The predicted octanol–water partition coefficient (Wildman–Crippen LogP) is 3.48. The van der Waals surface area contributed by atoms with E-state index in [1.807, 2.05) is 0 Å². The molecule has 1 N–H and O–H groups in total. The van der Waals surface area contributed by atoms with Crippen molar-refractivity contribution in [3.05, 3.63) is 35.4 Å². The summed E-state index contributed by atoms with van der Waals surface area (Å²) in [5.74, 6) is 0. The fourth-order valence-corrected chi connectivity index (χ4v) is 3.95. The fourth-order valence-electron chi connectivity index (χ4n) is 3.95. The molecule has 0 spiro atoms. The van der Waals surface area contributed by atoms with Gasteiger partial charge in [-0.15, -0.1) is 0 Å². The number of ether oxygens (including phenoxy) is 1. The highest BCUT2D eigenvalue weighted by Gasteiger charge is 2.46. The molecule has 2 heteroatoms. The highest BCUT2D eigenvalue weighted by molar-refractivity contribution is 5.30. The van der Waals surface area contributed by atoms with Crippen LogP contribution in [-0.4, -0.2) is 23.3 Å². The second-order valence-corrected chi connectivity index (χ2v) is 7.60. The van der Waals surface area contributed by atoms with Gasteiger partial charge in [0, 0.05) is 12.1 Å². The van der Waals surface area contributed by atoms with Gasteiger partial charge in [0.2, 0.25) is 0 Å². The van der Waals surface area contributed by atoms with Crippen molar-refractivity contribution in [2.45, 2.75) is 76.7 Å². The first-order chi connectivity index (χ1) is 9.36. The molecule has 2 aliphatic rings. The normalized spacial score (nSPS) is 31.0. The van der Waals surface area contributed by atoms with Gasteiger partial charge in [0.05, 0.1) is 11.2 Å². The van der Waals surface area contributed by atoms with Crippen LogP contribution in [0.2, 0.25) is 0 Å². The molecule has 2 nitrogen and oxygen atoms in total. The van der Waals surface area contributed by atoms with Crippen molar-refractivity contribution in [1.82, 2.24) is 5.32 Å². The van der Waals surface area contributed by atoms with Crippen LogP contribution in [-0.2, 0) is 17.6 Å². The Kier molecular flexibility index (Phi) is 3.42. The van der Waals surface area contributed by atoms with E-state index in [9.17, 15) is 0 Å². The van der Waals surface area contributed by atoms with Crippen LogP contribution in [0, 0.1) is 0 Å². The second-order valence-electron chi connectivity index (χ2n) is 7.60. The SMILES string of the molecule is CC1(C)CC(NC2CCc3ccccc3C2)C(C)(C)O1. The van der Waals surface area contributed by atoms with Crippen LogP contribution in [0.25, 0.3) is 0 Å². The molecule has 1 aliphatic carbocycles. The van der Waals surface area contributed by atoms with Gasteiger partial charge >= 0.3 is 0 Å². The van der Waals surface area contributed by atoms with Crippen molar-refractivity contribution in [3.63, 3.8) is 0 Å². The standard InChI is InChI=1S/C18H27NO/c1-17(2)12-16(18(3,4)20-17)19-15-10-9-13-7-5-6-8-14(13)11-15/h5-8,15-16,19H,9-12H2,1-4H3. The molecule has 1 fully saturated rings. The van der Waals surface area contributed by atoms with Crippen LogP contribution in [0.3, 0.4) is 0 Å². The minimum atomic E-state index is -0.0690. The van der Waals surface area contributed by atoms with Gasteiger partial charge in [-0.05, 0) is 64.5 Å². The molecule has 1 saturated heterocycles. The molecule has 1 aromatic carbocycles. The van der Waals surface area contributed by atoms with Crippen LogP contribution in [0.15, 0.2) is 24.3 Å². The molecule has 0 saturated carbocycles. The zero-order chi connectivity index (χ0) is 14.4. The van der Waals surface area contributed by atoms with Gasteiger partial charge in [0.15, 0.2) is 0 Å². The van der Waals surface area contributed by atoms with Crippen LogP contribution in [0.5, 0.6) is 0 Å². The molecule has 2 atom stereocenters. The third kappa shape index (κ3) is 2.77. The maximum Gasteiger partial charge on any atom is 0.0787 e. The molecule has 0 bridgehead atoms. The Labute approximate surface area is 122 Å². The number of rotatable bonds is 2. The van der Waals surface area contributed by atoms with E-state index in [0.717, 1.165) is 12.8 Å². The van der Waals surface area contributed by atoms with Crippen molar-refractivity contribution >= 4 is 0 Å². The molecule has 1 aromatic rings. The summed E-state index contributed by atoms with van der Waals surface area (Å²) < 4.78 is 6.20. The smallest absolute Gasteiger partial charge is 0.0787 e. The summed E-state index contributed by atoms with van der Waals surface area (Å²) in [4.78, 5) is 0. The van der Waals surface area contributed by atoms with E-state index < -0.39 is 0 Å². The Hall–Kier alpha value is -0.860. The van der Waals surface area contributed by atoms with E-state index >= 15 is 0 Å². The molecule has 0 amide bonds. The zero-order valence-corrected chi connectivity index (χ0v) is 13.2. The third-order valence-electron chi connectivity index (χ3n) is 4.86. The lowest BCUT2D eigenvalue weighted by molar-refractivity contribution is -0.0705. The van der Waals surface area contributed by atoms with E-state index in [-0.39, 0.29) is 11.2 Å². The Bertz CT molecular complexity index is 492. The third-order valence-corrected chi connectivity index (χ3v) is 4.86. The lowest BCUT2D eigenvalue weighted by Gasteiger charge is -2.33. The minimum absolute atomic E-state index is 0.00621. The van der Waals surface area contributed by atoms with E-state index in [1.165, 1.54) is 24.0 Å². The largest absolute Gasteiger partial charge is 0.368 e. The van der Waals surface area contributed by atoms with Gasteiger partial charge in [-0.3, -0.25) is 0 Å². The lowest BCUT2D eigenvalue weighted by atomic mass is 9.86. The number of fused-ring (bicyclic) bond motifs is 1. The maximum atomic E-state index is 6.20. The first kappa shape index (κ1) is 14.1. The average Bonchev–Trinajstić information content (AvgIpc) is 2.57. The fraction of sp³-hybridized carbons (Fsp3) is 0.667. The summed E-state index contributed by atoms with van der Waals surface area (Å²) in [6.45, 7) is 8.84. The van der Waals surface area contributed by atoms with Crippen LogP contribution < -0.4 is 5.32 Å². The summed E-state index contributed by atoms with van der Waals surface area (Å²) in [6.07, 6.45) is 4.69. The Morgan fingerprint density at radius 1 is 1.10 bits per heavy atom. The molecule has 0 aromatic heterocycles. The topological polar surface area (TPSA) is 21.3 Å². The first-order valence-corrected chi connectivity index (χ1v) is 7.89. The van der Waals surface area contributed by atoms with Crippen molar-refractivity contribution in [3.8, 4) is 0 Å². The summed E-state index contributed by atoms with van der Waals surface area (Å²) in [5, 5.41) is 3.88. The number of hydrogen-bond acceptors (Lipinski definition) is 2. The summed E-state index contributed by atoms with van der Waals surface area (Å²) in [6, 6.07) is 9.91. The zero-order valence-electron chi connectivity index (χ0n) is 13.2. The van der Waals surface area contributed by atoms with E-state index in [1.54, 1.807) is 0 Å². The monoisotopic (exact) mass is 273 g/mol. The average molecular weight is 273 g/mol. The molecular formula is C18H27NO. The van der Waals surface area contributed by atoms with E-state index in [0.29, 0.717) is 12.1 Å². The van der Waals surface area contributed by atoms with Gasteiger partial charge in [-0.2, -0.15) is 0 Å². The van der Waals surface area contributed by atoms with E-state index in [4.69, 9.17) is 4.74 Å². The van der Waals surface area contributed by atoms with Gasteiger partial charge in [0.25, 0.3) is 0 Å². The first-order valence-electron chi connectivity index (χ1n) is 7.89. The molecule has 3 rings (SSSR count). The van der Waals surface area contributed by atoms with Crippen LogP contribution in [0.1, 0.15) is 51.7 Å². The van der Waals surface area contributed by atoms with Crippen LogP contribution >= 0.6 is 0 Å². The van der Waals surface area contributed by atoms with Crippen molar-refractivity contribution in [2.24, 2.45) is 0 Å². The Balaban J connectivity index is 1.68. The predicted molar refractivity (Wildman–Crippen MR) is 83.0 cm³/mol. The number of benzene rings is 1. The number of hydrogen-bond donors (Lipinski definition) is 1. The van der Waals surface area contributed by atoms with Gasteiger partial charge in [-0.25, -0.2) is 0 Å².